The maximum absolute atomic E-state index is 5.85. The number of halogens is 1. The van der Waals surface area contributed by atoms with E-state index in [0.717, 1.165) is 35.4 Å². The molecule has 102 valence electrons. The standard InChI is InChI=1S/C15H19BrN2O/c1-3-13-9-14(18(4-2)17-13)11-19-15-7-5-6-12(8-15)10-16/h5-9H,3-4,10-11H2,1-2H3. The minimum atomic E-state index is 0.562. The monoisotopic (exact) mass is 322 g/mol. The highest BCUT2D eigenvalue weighted by Crippen LogP contribution is 2.17. The molecule has 2 aromatic rings. The van der Waals surface area contributed by atoms with Crippen LogP contribution in [-0.4, -0.2) is 9.78 Å². The molecule has 3 nitrogen and oxygen atoms in total. The number of hydrogen-bond acceptors (Lipinski definition) is 2. The number of ether oxygens (including phenoxy) is 1. The van der Waals surface area contributed by atoms with Crippen LogP contribution in [0.1, 0.15) is 30.8 Å². The van der Waals surface area contributed by atoms with E-state index in [2.05, 4.69) is 53.1 Å². The highest BCUT2D eigenvalue weighted by atomic mass is 79.9. The van der Waals surface area contributed by atoms with Crippen molar-refractivity contribution in [2.75, 3.05) is 0 Å². The van der Waals surface area contributed by atoms with Gasteiger partial charge in [0.2, 0.25) is 0 Å². The second-order valence-corrected chi connectivity index (χ2v) is 4.93. The summed E-state index contributed by atoms with van der Waals surface area (Å²) >= 11 is 3.45. The average Bonchev–Trinajstić information content (AvgIpc) is 2.87. The Morgan fingerprint density at radius 1 is 1.26 bits per heavy atom. The Kier molecular flexibility index (Phi) is 5.02. The van der Waals surface area contributed by atoms with Crippen LogP contribution in [0.3, 0.4) is 0 Å². The molecule has 1 aromatic heterocycles. The summed E-state index contributed by atoms with van der Waals surface area (Å²) < 4.78 is 7.86. The third kappa shape index (κ3) is 3.60. The van der Waals surface area contributed by atoms with Gasteiger partial charge in [0.1, 0.15) is 12.4 Å². The number of nitrogens with zero attached hydrogens (tertiary/aromatic N) is 2. The van der Waals surface area contributed by atoms with E-state index in [0.29, 0.717) is 6.61 Å². The smallest absolute Gasteiger partial charge is 0.130 e. The van der Waals surface area contributed by atoms with Crippen molar-refractivity contribution in [2.45, 2.75) is 38.8 Å². The highest BCUT2D eigenvalue weighted by Gasteiger charge is 2.06. The molecule has 1 aromatic carbocycles. The second kappa shape index (κ2) is 6.75. The molecule has 0 fully saturated rings. The first-order valence-corrected chi connectivity index (χ1v) is 7.72. The van der Waals surface area contributed by atoms with Gasteiger partial charge in [0.05, 0.1) is 11.4 Å². The molecule has 4 heteroatoms. The number of benzene rings is 1. The Bertz CT molecular complexity index is 537. The van der Waals surface area contributed by atoms with Gasteiger partial charge in [0, 0.05) is 11.9 Å². The lowest BCUT2D eigenvalue weighted by molar-refractivity contribution is 0.292. The number of aromatic nitrogens is 2. The second-order valence-electron chi connectivity index (χ2n) is 4.37. The average molecular weight is 323 g/mol. The Labute approximate surface area is 122 Å². The summed E-state index contributed by atoms with van der Waals surface area (Å²) in [5.74, 6) is 0.902. The van der Waals surface area contributed by atoms with E-state index in [9.17, 15) is 0 Å². The van der Waals surface area contributed by atoms with Gasteiger partial charge in [-0.05, 0) is 37.1 Å². The molecule has 0 radical (unpaired) electrons. The van der Waals surface area contributed by atoms with Crippen LogP contribution in [0.25, 0.3) is 0 Å². The van der Waals surface area contributed by atoms with Crippen molar-refractivity contribution in [1.82, 2.24) is 9.78 Å². The molecule has 0 N–H and O–H groups in total. The van der Waals surface area contributed by atoms with Crippen molar-refractivity contribution in [3.63, 3.8) is 0 Å². The Morgan fingerprint density at radius 3 is 2.79 bits per heavy atom. The molecule has 19 heavy (non-hydrogen) atoms. The highest BCUT2D eigenvalue weighted by molar-refractivity contribution is 9.08. The lowest BCUT2D eigenvalue weighted by Gasteiger charge is -2.08. The fraction of sp³-hybridized carbons (Fsp3) is 0.400. The topological polar surface area (TPSA) is 27.1 Å². The Morgan fingerprint density at radius 2 is 2.11 bits per heavy atom. The molecule has 0 aliphatic rings. The van der Waals surface area contributed by atoms with E-state index in [1.165, 1.54) is 5.56 Å². The minimum absolute atomic E-state index is 0.562. The zero-order valence-corrected chi connectivity index (χ0v) is 13.0. The van der Waals surface area contributed by atoms with Crippen LogP contribution in [0.2, 0.25) is 0 Å². The van der Waals surface area contributed by atoms with Crippen molar-refractivity contribution in [3.05, 3.63) is 47.3 Å². The molecule has 0 spiro atoms. The zero-order chi connectivity index (χ0) is 13.7. The quantitative estimate of drug-likeness (QED) is 0.753. The van der Waals surface area contributed by atoms with Gasteiger partial charge in [-0.25, -0.2) is 0 Å². The fourth-order valence-corrected chi connectivity index (χ4v) is 2.30. The first kappa shape index (κ1) is 14.1. The van der Waals surface area contributed by atoms with Gasteiger partial charge in [-0.1, -0.05) is 35.0 Å². The molecule has 0 atom stereocenters. The molecule has 0 aliphatic heterocycles. The predicted octanol–water partition coefficient (Wildman–Crippen LogP) is 3.94. The van der Waals surface area contributed by atoms with Crippen molar-refractivity contribution >= 4 is 15.9 Å². The Hall–Kier alpha value is -1.29. The maximum atomic E-state index is 5.85. The summed E-state index contributed by atoms with van der Waals surface area (Å²) in [4.78, 5) is 0. The normalized spacial score (nSPS) is 10.7. The van der Waals surface area contributed by atoms with E-state index in [-0.39, 0.29) is 0 Å². The van der Waals surface area contributed by atoms with E-state index >= 15 is 0 Å². The van der Waals surface area contributed by atoms with Crippen molar-refractivity contribution in [3.8, 4) is 5.75 Å². The summed E-state index contributed by atoms with van der Waals surface area (Å²) in [6, 6.07) is 10.3. The van der Waals surface area contributed by atoms with Gasteiger partial charge < -0.3 is 4.74 Å². The predicted molar refractivity (Wildman–Crippen MR) is 80.7 cm³/mol. The third-order valence-corrected chi connectivity index (χ3v) is 3.66. The molecule has 2 rings (SSSR count). The molecule has 0 saturated heterocycles. The number of hydrogen-bond donors (Lipinski definition) is 0. The molecular weight excluding hydrogens is 304 g/mol. The minimum Gasteiger partial charge on any atom is -0.487 e. The summed E-state index contributed by atoms with van der Waals surface area (Å²) in [5, 5.41) is 5.37. The van der Waals surface area contributed by atoms with Gasteiger partial charge in [-0.3, -0.25) is 4.68 Å². The van der Waals surface area contributed by atoms with Crippen molar-refractivity contribution < 1.29 is 4.74 Å². The molecule has 1 heterocycles. The van der Waals surface area contributed by atoms with Gasteiger partial charge in [0.25, 0.3) is 0 Å². The first-order chi connectivity index (χ1) is 9.26. The molecule has 0 saturated carbocycles. The number of rotatable bonds is 6. The Balaban J connectivity index is 2.07. The van der Waals surface area contributed by atoms with Crippen LogP contribution in [0.15, 0.2) is 30.3 Å². The van der Waals surface area contributed by atoms with Gasteiger partial charge in [-0.2, -0.15) is 5.10 Å². The van der Waals surface area contributed by atoms with Crippen LogP contribution >= 0.6 is 15.9 Å². The summed E-state index contributed by atoms with van der Waals surface area (Å²) in [6.07, 6.45) is 0.957. The van der Waals surface area contributed by atoms with E-state index in [1.54, 1.807) is 0 Å². The lowest BCUT2D eigenvalue weighted by Crippen LogP contribution is -2.06. The van der Waals surface area contributed by atoms with Crippen LogP contribution in [0, 0.1) is 0 Å². The van der Waals surface area contributed by atoms with Gasteiger partial charge in [-0.15, -0.1) is 0 Å². The SMILES string of the molecule is CCc1cc(COc2cccc(CBr)c2)n(CC)n1. The molecule has 0 unspecified atom stereocenters. The zero-order valence-electron chi connectivity index (χ0n) is 11.4. The molecule has 0 amide bonds. The summed E-state index contributed by atoms with van der Waals surface area (Å²) in [5.41, 5.74) is 3.47. The molecule has 0 bridgehead atoms. The largest absolute Gasteiger partial charge is 0.487 e. The molecule has 0 aliphatic carbocycles. The number of alkyl halides is 1. The maximum Gasteiger partial charge on any atom is 0.130 e. The van der Waals surface area contributed by atoms with Crippen molar-refractivity contribution in [1.29, 1.82) is 0 Å². The molecular formula is C15H19BrN2O. The van der Waals surface area contributed by atoms with Crippen LogP contribution < -0.4 is 4.74 Å². The van der Waals surface area contributed by atoms with E-state index in [4.69, 9.17) is 4.74 Å². The fourth-order valence-electron chi connectivity index (χ4n) is 1.95. The van der Waals surface area contributed by atoms with Gasteiger partial charge in [0.15, 0.2) is 0 Å². The summed E-state index contributed by atoms with van der Waals surface area (Å²) in [6.45, 7) is 5.65. The van der Waals surface area contributed by atoms with Crippen molar-refractivity contribution in [2.24, 2.45) is 0 Å². The third-order valence-electron chi connectivity index (χ3n) is 3.02. The van der Waals surface area contributed by atoms with Crippen LogP contribution in [0.4, 0.5) is 0 Å². The van der Waals surface area contributed by atoms with Crippen LogP contribution in [-0.2, 0) is 24.9 Å². The van der Waals surface area contributed by atoms with E-state index < -0.39 is 0 Å². The van der Waals surface area contributed by atoms with E-state index in [1.807, 2.05) is 16.8 Å². The summed E-state index contributed by atoms with van der Waals surface area (Å²) in [7, 11) is 0. The van der Waals surface area contributed by atoms with Gasteiger partial charge >= 0.3 is 0 Å². The number of aryl methyl sites for hydroxylation is 2. The lowest BCUT2D eigenvalue weighted by atomic mass is 10.2. The first-order valence-electron chi connectivity index (χ1n) is 6.60. The van der Waals surface area contributed by atoms with Crippen LogP contribution in [0.5, 0.6) is 5.75 Å².